The van der Waals surface area contributed by atoms with E-state index in [9.17, 15) is 8.42 Å². The molecule has 0 radical (unpaired) electrons. The predicted octanol–water partition coefficient (Wildman–Crippen LogP) is 2.12. The van der Waals surface area contributed by atoms with Gasteiger partial charge in [0.05, 0.1) is 0 Å². The van der Waals surface area contributed by atoms with Crippen LogP contribution < -0.4 is 0 Å². The zero-order chi connectivity index (χ0) is 12.6. The number of sulfone groups is 1. The lowest BCUT2D eigenvalue weighted by atomic mass is 9.94. The number of benzene rings is 1. The van der Waals surface area contributed by atoms with E-state index in [0.717, 1.165) is 5.56 Å². The fourth-order valence-electron chi connectivity index (χ4n) is 2.23. The highest BCUT2D eigenvalue weighted by Gasteiger charge is 2.44. The molecule has 1 aromatic rings. The molecule has 5 heteroatoms. The molecule has 1 aliphatic heterocycles. The van der Waals surface area contributed by atoms with Gasteiger partial charge in [-0.05, 0) is 19.5 Å². The summed E-state index contributed by atoms with van der Waals surface area (Å²) in [6.07, 6.45) is 1.33. The van der Waals surface area contributed by atoms with Crippen LogP contribution in [0.5, 0.6) is 0 Å². The third-order valence-electron chi connectivity index (χ3n) is 3.26. The molecular formula is C12H17NO2S2. The Labute approximate surface area is 107 Å². The van der Waals surface area contributed by atoms with Crippen LogP contribution in [0.25, 0.3) is 0 Å². The average Bonchev–Trinajstić information content (AvgIpc) is 2.57. The van der Waals surface area contributed by atoms with Crippen molar-refractivity contribution < 1.29 is 8.42 Å². The van der Waals surface area contributed by atoms with Gasteiger partial charge < -0.3 is 0 Å². The number of likely N-dealkylation sites (N-methyl/N-ethyl adjacent to an activating group) is 1. The van der Waals surface area contributed by atoms with Gasteiger partial charge in [-0.3, -0.25) is 0 Å². The summed E-state index contributed by atoms with van der Waals surface area (Å²) in [4.78, 5) is 0. The second kappa shape index (κ2) is 4.63. The molecule has 2 rings (SSSR count). The molecule has 0 bridgehead atoms. The van der Waals surface area contributed by atoms with E-state index < -0.39 is 9.84 Å². The van der Waals surface area contributed by atoms with Crippen LogP contribution in [0.15, 0.2) is 30.3 Å². The lowest BCUT2D eigenvalue weighted by molar-refractivity contribution is 0.413. The van der Waals surface area contributed by atoms with E-state index in [2.05, 4.69) is 6.92 Å². The van der Waals surface area contributed by atoms with Gasteiger partial charge in [0.1, 0.15) is 4.58 Å². The van der Waals surface area contributed by atoms with Gasteiger partial charge in [0.2, 0.25) is 0 Å². The molecule has 17 heavy (non-hydrogen) atoms. The van der Waals surface area contributed by atoms with Crippen LogP contribution in [-0.4, -0.2) is 36.7 Å². The topological polar surface area (TPSA) is 37.4 Å². The zero-order valence-corrected chi connectivity index (χ0v) is 11.8. The van der Waals surface area contributed by atoms with Crippen LogP contribution in [0.4, 0.5) is 0 Å². The predicted molar refractivity (Wildman–Crippen MR) is 72.6 cm³/mol. The first-order chi connectivity index (χ1) is 7.91. The van der Waals surface area contributed by atoms with E-state index in [4.69, 9.17) is 0 Å². The summed E-state index contributed by atoms with van der Waals surface area (Å²) in [6, 6.07) is 10.1. The van der Waals surface area contributed by atoms with Crippen molar-refractivity contribution in [2.75, 3.05) is 13.3 Å². The molecular weight excluding hydrogens is 254 g/mol. The minimum absolute atomic E-state index is 0.0428. The Morgan fingerprint density at radius 2 is 1.82 bits per heavy atom. The minimum atomic E-state index is -3.04. The largest absolute Gasteiger partial charge is 0.249 e. The Balaban J connectivity index is 2.42. The molecule has 94 valence electrons. The zero-order valence-electron chi connectivity index (χ0n) is 10.2. The molecule has 0 spiro atoms. The second-order valence-electron chi connectivity index (χ2n) is 4.53. The number of hydrogen-bond acceptors (Lipinski definition) is 4. The highest BCUT2D eigenvalue weighted by Crippen LogP contribution is 2.45. The van der Waals surface area contributed by atoms with Crippen LogP contribution >= 0.6 is 11.9 Å². The van der Waals surface area contributed by atoms with Crippen molar-refractivity contribution in [3.63, 3.8) is 0 Å². The molecule has 0 unspecified atom stereocenters. The fourth-order valence-corrected chi connectivity index (χ4v) is 5.35. The molecule has 1 aliphatic rings. The lowest BCUT2D eigenvalue weighted by Crippen LogP contribution is -2.27. The monoisotopic (exact) mass is 271 g/mol. The average molecular weight is 271 g/mol. The van der Waals surface area contributed by atoms with Crippen LogP contribution in [0, 0.1) is 0 Å². The smallest absolute Gasteiger partial charge is 0.161 e. The van der Waals surface area contributed by atoms with Crippen molar-refractivity contribution in [1.82, 2.24) is 4.31 Å². The summed E-state index contributed by atoms with van der Waals surface area (Å²) in [5, 5.41) is 0. The number of nitrogens with zero attached hydrogens (tertiary/aromatic N) is 1. The van der Waals surface area contributed by atoms with Crippen molar-refractivity contribution in [1.29, 1.82) is 0 Å². The molecule has 0 aromatic heterocycles. The Morgan fingerprint density at radius 1 is 1.24 bits per heavy atom. The molecule has 1 aromatic carbocycles. The van der Waals surface area contributed by atoms with Crippen LogP contribution in [0.3, 0.4) is 0 Å². The molecule has 0 N–H and O–H groups in total. The molecule has 3 atom stereocenters. The maximum Gasteiger partial charge on any atom is 0.161 e. The maximum atomic E-state index is 11.9. The van der Waals surface area contributed by atoms with E-state index in [1.807, 2.05) is 41.7 Å². The quantitative estimate of drug-likeness (QED) is 0.772. The first-order valence-electron chi connectivity index (χ1n) is 5.54. The molecule has 0 amide bonds. The van der Waals surface area contributed by atoms with Gasteiger partial charge >= 0.3 is 0 Å². The maximum absolute atomic E-state index is 11.9. The molecule has 3 nitrogen and oxygen atoms in total. The Hall–Kier alpha value is -0.520. The number of hydrogen-bond donors (Lipinski definition) is 0. The summed E-state index contributed by atoms with van der Waals surface area (Å²) in [5.74, 6) is 0.0428. The first kappa shape index (κ1) is 12.9. The first-order valence-corrected chi connectivity index (χ1v) is 8.34. The van der Waals surface area contributed by atoms with Crippen molar-refractivity contribution >= 4 is 21.8 Å². The molecule has 1 heterocycles. The third kappa shape index (κ3) is 2.51. The van der Waals surface area contributed by atoms with Crippen molar-refractivity contribution in [3.05, 3.63) is 35.9 Å². The Morgan fingerprint density at radius 3 is 2.35 bits per heavy atom. The normalized spacial score (nSPS) is 30.6. The van der Waals surface area contributed by atoms with Crippen LogP contribution in [-0.2, 0) is 9.84 Å². The van der Waals surface area contributed by atoms with E-state index >= 15 is 0 Å². The standard InChI is InChI=1S/C12H17NO2S2/c1-9-11(10-7-5-4-6-8-10)12(16-13(9)2)17(3,14)15/h4-9,11-12H,1-3H3/t9-,11+,12+/m0/s1. The summed E-state index contributed by atoms with van der Waals surface area (Å²) < 4.78 is 25.4. The van der Waals surface area contributed by atoms with E-state index in [1.165, 1.54) is 18.2 Å². The Kier molecular flexibility index (Phi) is 3.52. The van der Waals surface area contributed by atoms with E-state index in [-0.39, 0.29) is 16.5 Å². The molecule has 1 saturated heterocycles. The van der Waals surface area contributed by atoms with Gasteiger partial charge in [-0.25, -0.2) is 12.7 Å². The Bertz CT molecular complexity index is 486. The third-order valence-corrected chi connectivity index (χ3v) is 6.87. The van der Waals surface area contributed by atoms with Crippen molar-refractivity contribution in [3.8, 4) is 0 Å². The van der Waals surface area contributed by atoms with Gasteiger partial charge in [-0.2, -0.15) is 0 Å². The van der Waals surface area contributed by atoms with Gasteiger partial charge in [0, 0.05) is 18.2 Å². The second-order valence-corrected chi connectivity index (χ2v) is 8.29. The fraction of sp³-hybridized carbons (Fsp3) is 0.500. The summed E-state index contributed by atoms with van der Waals surface area (Å²) >= 11 is 1.43. The SMILES string of the molecule is C[C@H]1[C@H](c2ccccc2)[C@@H](S(C)(=O)=O)SN1C. The summed E-state index contributed by atoms with van der Waals surface area (Å²) in [7, 11) is -1.09. The number of rotatable bonds is 2. The minimum Gasteiger partial charge on any atom is -0.249 e. The van der Waals surface area contributed by atoms with Gasteiger partial charge in [-0.15, -0.1) is 0 Å². The summed E-state index contributed by atoms with van der Waals surface area (Å²) in [5.41, 5.74) is 1.10. The van der Waals surface area contributed by atoms with E-state index in [1.54, 1.807) is 0 Å². The van der Waals surface area contributed by atoms with Crippen LogP contribution in [0.2, 0.25) is 0 Å². The summed E-state index contributed by atoms with van der Waals surface area (Å²) in [6.45, 7) is 2.08. The lowest BCUT2D eigenvalue weighted by Gasteiger charge is -2.21. The molecule has 0 aliphatic carbocycles. The van der Waals surface area contributed by atoms with Crippen molar-refractivity contribution in [2.24, 2.45) is 0 Å². The highest BCUT2D eigenvalue weighted by molar-refractivity contribution is 8.12. The highest BCUT2D eigenvalue weighted by atomic mass is 32.3. The van der Waals surface area contributed by atoms with E-state index in [0.29, 0.717) is 0 Å². The molecule has 1 fully saturated rings. The van der Waals surface area contributed by atoms with Crippen molar-refractivity contribution in [2.45, 2.75) is 23.5 Å². The van der Waals surface area contributed by atoms with Gasteiger partial charge in [0.15, 0.2) is 9.84 Å². The molecule has 0 saturated carbocycles. The van der Waals surface area contributed by atoms with Crippen LogP contribution in [0.1, 0.15) is 18.4 Å². The van der Waals surface area contributed by atoms with Gasteiger partial charge in [0.25, 0.3) is 0 Å². The van der Waals surface area contributed by atoms with Gasteiger partial charge in [-0.1, -0.05) is 42.3 Å².